The van der Waals surface area contributed by atoms with Gasteiger partial charge in [-0.3, -0.25) is 0 Å². The van der Waals surface area contributed by atoms with Crippen LogP contribution in [-0.2, 0) is 9.84 Å². The van der Waals surface area contributed by atoms with Crippen molar-refractivity contribution >= 4 is 41.7 Å². The van der Waals surface area contributed by atoms with E-state index in [1.165, 1.54) is 0 Å². The summed E-state index contributed by atoms with van der Waals surface area (Å²) in [6, 6.07) is 0. The molecule has 0 spiro atoms. The molecule has 0 saturated heterocycles. The predicted octanol–water partition coefficient (Wildman–Crippen LogP) is 2.66. The molecule has 19 heavy (non-hydrogen) atoms. The number of hydrogen-bond acceptors (Lipinski definition) is 4. The lowest BCUT2D eigenvalue weighted by atomic mass is 9.91. The summed E-state index contributed by atoms with van der Waals surface area (Å²) in [4.78, 5) is -0.442. The van der Waals surface area contributed by atoms with Crippen LogP contribution in [0.15, 0.2) is 0 Å². The summed E-state index contributed by atoms with van der Waals surface area (Å²) in [6.45, 7) is 10.1. The Morgan fingerprint density at radius 2 is 1.05 bits per heavy atom. The Balaban J connectivity index is 5.53. The average Bonchev–Trinajstić information content (AvgIpc) is 2.26. The number of sulfone groups is 1. The van der Waals surface area contributed by atoms with E-state index >= 15 is 0 Å². The largest absolute Gasteiger partial charge is 0.376 e. The lowest BCUT2D eigenvalue weighted by molar-refractivity contribution is 0.0850. The van der Waals surface area contributed by atoms with Crippen LogP contribution >= 0.6 is 31.9 Å². The SMILES string of the molecule is CC(Br)C(C)(C)C(O)S(=O)(=O)C(O)C(C)(C)C(C)Br. The molecule has 0 aliphatic heterocycles. The molecule has 0 heterocycles. The van der Waals surface area contributed by atoms with Crippen molar-refractivity contribution in [2.24, 2.45) is 10.8 Å². The maximum atomic E-state index is 12.4. The zero-order valence-corrected chi connectivity index (χ0v) is 16.2. The summed E-state index contributed by atoms with van der Waals surface area (Å²) >= 11 is 6.60. The van der Waals surface area contributed by atoms with Gasteiger partial charge in [0.1, 0.15) is 0 Å². The van der Waals surface area contributed by atoms with E-state index in [1.54, 1.807) is 41.5 Å². The summed E-state index contributed by atoms with van der Waals surface area (Å²) in [5.41, 5.74) is -5.11. The van der Waals surface area contributed by atoms with Gasteiger partial charge in [0, 0.05) is 20.5 Å². The average molecular weight is 424 g/mol. The zero-order valence-electron chi connectivity index (χ0n) is 12.2. The third kappa shape index (κ3) is 3.93. The first-order valence-corrected chi connectivity index (χ1v) is 9.51. The molecule has 0 rings (SSSR count). The van der Waals surface area contributed by atoms with Gasteiger partial charge in [-0.05, 0) is 0 Å². The van der Waals surface area contributed by atoms with Crippen molar-refractivity contribution in [2.75, 3.05) is 0 Å². The summed E-state index contributed by atoms with van der Waals surface area (Å²) in [5.74, 6) is 0. The molecule has 0 aliphatic carbocycles. The van der Waals surface area contributed by atoms with Crippen LogP contribution in [0.4, 0.5) is 0 Å². The van der Waals surface area contributed by atoms with E-state index in [-0.39, 0.29) is 9.65 Å². The molecule has 0 aromatic carbocycles. The topological polar surface area (TPSA) is 74.6 Å². The standard InChI is InChI=1S/C12H24Br2O4S/c1-7(13)11(3,4)9(15)19(17,18)10(16)12(5,6)8(2)14/h7-10,15-16H,1-6H3. The molecule has 0 radical (unpaired) electrons. The Labute approximate surface area is 133 Å². The molecule has 0 saturated carbocycles. The molecule has 0 aliphatic rings. The van der Waals surface area contributed by atoms with E-state index in [0.29, 0.717) is 0 Å². The highest BCUT2D eigenvalue weighted by Crippen LogP contribution is 2.39. The minimum atomic E-state index is -4.09. The van der Waals surface area contributed by atoms with E-state index < -0.39 is 31.5 Å². The molecule has 0 aromatic heterocycles. The van der Waals surface area contributed by atoms with Gasteiger partial charge in [0.25, 0.3) is 0 Å². The molecular weight excluding hydrogens is 400 g/mol. The Morgan fingerprint density at radius 3 is 1.21 bits per heavy atom. The van der Waals surface area contributed by atoms with Gasteiger partial charge in [-0.1, -0.05) is 73.4 Å². The molecule has 4 unspecified atom stereocenters. The molecule has 116 valence electrons. The lowest BCUT2D eigenvalue weighted by Crippen LogP contribution is -2.51. The van der Waals surface area contributed by atoms with E-state index in [2.05, 4.69) is 31.9 Å². The van der Waals surface area contributed by atoms with E-state index in [4.69, 9.17) is 0 Å². The molecule has 0 aromatic rings. The highest BCUT2D eigenvalue weighted by Gasteiger charge is 2.49. The first-order chi connectivity index (χ1) is 8.20. The monoisotopic (exact) mass is 422 g/mol. The lowest BCUT2D eigenvalue weighted by Gasteiger charge is -2.39. The Kier molecular flexibility index (Phi) is 6.57. The van der Waals surface area contributed by atoms with Gasteiger partial charge in [0.05, 0.1) is 0 Å². The second-order valence-electron chi connectivity index (χ2n) is 6.17. The van der Waals surface area contributed by atoms with E-state index in [0.717, 1.165) is 0 Å². The summed E-state index contributed by atoms with van der Waals surface area (Å²) in [7, 11) is -4.09. The van der Waals surface area contributed by atoms with Crippen molar-refractivity contribution in [1.29, 1.82) is 0 Å². The van der Waals surface area contributed by atoms with Crippen molar-refractivity contribution in [3.8, 4) is 0 Å². The Morgan fingerprint density at radius 1 is 0.842 bits per heavy atom. The zero-order chi connectivity index (χ0) is 15.8. The fourth-order valence-corrected chi connectivity index (χ4v) is 4.56. The van der Waals surface area contributed by atoms with Crippen LogP contribution in [0.3, 0.4) is 0 Å². The van der Waals surface area contributed by atoms with E-state index in [1.807, 2.05) is 0 Å². The molecule has 0 bridgehead atoms. The van der Waals surface area contributed by atoms with Crippen molar-refractivity contribution < 1.29 is 18.6 Å². The fourth-order valence-electron chi connectivity index (χ4n) is 1.36. The van der Waals surface area contributed by atoms with E-state index in [9.17, 15) is 18.6 Å². The summed E-state index contributed by atoms with van der Waals surface area (Å²) in [6.07, 6.45) is 0. The summed E-state index contributed by atoms with van der Waals surface area (Å²) < 4.78 is 24.8. The number of rotatable bonds is 6. The van der Waals surface area contributed by atoms with Crippen LogP contribution in [-0.4, -0.2) is 39.2 Å². The van der Waals surface area contributed by atoms with Crippen molar-refractivity contribution in [3.05, 3.63) is 0 Å². The van der Waals surface area contributed by atoms with Gasteiger partial charge in [-0.15, -0.1) is 0 Å². The summed E-state index contributed by atoms with van der Waals surface area (Å²) in [5, 5.41) is 20.4. The molecule has 0 fully saturated rings. The molecule has 2 N–H and O–H groups in total. The number of aliphatic hydroxyl groups excluding tert-OH is 2. The highest BCUT2D eigenvalue weighted by atomic mass is 79.9. The van der Waals surface area contributed by atoms with Crippen LogP contribution in [0.5, 0.6) is 0 Å². The molecule has 4 nitrogen and oxygen atoms in total. The number of hydrogen-bond donors (Lipinski definition) is 2. The van der Waals surface area contributed by atoms with Gasteiger partial charge >= 0.3 is 0 Å². The van der Waals surface area contributed by atoms with Crippen molar-refractivity contribution in [2.45, 2.75) is 62.1 Å². The molecule has 7 heteroatoms. The van der Waals surface area contributed by atoms with Crippen LogP contribution in [0, 0.1) is 10.8 Å². The Bertz CT molecular complexity index is 370. The fraction of sp³-hybridized carbons (Fsp3) is 1.00. The molecule has 0 amide bonds. The van der Waals surface area contributed by atoms with Crippen molar-refractivity contribution in [1.82, 2.24) is 0 Å². The first kappa shape index (κ1) is 19.8. The highest BCUT2D eigenvalue weighted by molar-refractivity contribution is 9.09. The van der Waals surface area contributed by atoms with Gasteiger partial charge in [0.15, 0.2) is 10.9 Å². The third-order valence-electron chi connectivity index (χ3n) is 3.95. The van der Waals surface area contributed by atoms with Gasteiger partial charge in [-0.25, -0.2) is 8.42 Å². The maximum absolute atomic E-state index is 12.4. The number of aliphatic hydroxyl groups is 2. The van der Waals surface area contributed by atoms with Gasteiger partial charge in [0.2, 0.25) is 9.84 Å². The van der Waals surface area contributed by atoms with Crippen LogP contribution in [0.25, 0.3) is 0 Å². The van der Waals surface area contributed by atoms with Crippen molar-refractivity contribution in [3.63, 3.8) is 0 Å². The Hall–Kier alpha value is 0.830. The smallest absolute Gasteiger partial charge is 0.204 e. The van der Waals surface area contributed by atoms with Crippen LogP contribution in [0.1, 0.15) is 41.5 Å². The molecule has 4 atom stereocenters. The number of alkyl halides is 2. The second-order valence-corrected chi connectivity index (χ2v) is 11.0. The van der Waals surface area contributed by atoms with Crippen LogP contribution < -0.4 is 0 Å². The second kappa shape index (κ2) is 6.30. The normalized spacial score (nSPS) is 20.7. The predicted molar refractivity (Wildman–Crippen MR) is 85.3 cm³/mol. The van der Waals surface area contributed by atoms with Crippen LogP contribution in [0.2, 0.25) is 0 Å². The maximum Gasteiger partial charge on any atom is 0.204 e. The first-order valence-electron chi connectivity index (χ1n) is 6.07. The quantitative estimate of drug-likeness (QED) is 0.644. The third-order valence-corrected chi connectivity index (χ3v) is 8.77. The minimum absolute atomic E-state index is 0.221. The van der Waals surface area contributed by atoms with Gasteiger partial charge in [-0.2, -0.15) is 0 Å². The minimum Gasteiger partial charge on any atom is -0.376 e. The number of halogens is 2. The molecular formula is C12H24Br2O4S. The van der Waals surface area contributed by atoms with Gasteiger partial charge < -0.3 is 10.2 Å².